The molecular weight excluding hydrogens is 735 g/mol. The summed E-state index contributed by atoms with van der Waals surface area (Å²) in [6.45, 7) is 43.5. The average molecular weight is 809 g/mol. The number of rotatable bonds is 2. The Morgan fingerprint density at radius 2 is 0.885 bits per heavy atom. The third-order valence-corrected chi connectivity index (χ3v) is 15.7. The highest BCUT2D eigenvalue weighted by atomic mass is 15.2. The van der Waals surface area contributed by atoms with Gasteiger partial charge in [0.1, 0.15) is 0 Å². The van der Waals surface area contributed by atoms with Gasteiger partial charge in [-0.2, -0.15) is 0 Å². The molecule has 2 aliphatic heterocycles. The van der Waals surface area contributed by atoms with E-state index in [2.05, 4.69) is 213 Å². The van der Waals surface area contributed by atoms with Crippen LogP contribution in [0.25, 0.3) is 0 Å². The molecule has 0 saturated carbocycles. The van der Waals surface area contributed by atoms with E-state index in [4.69, 9.17) is 0 Å². The summed E-state index contributed by atoms with van der Waals surface area (Å²) in [6.07, 6.45) is 3.54. The van der Waals surface area contributed by atoms with E-state index in [1.807, 2.05) is 0 Å². The summed E-state index contributed by atoms with van der Waals surface area (Å²) in [7, 11) is 0. The van der Waals surface area contributed by atoms with Crippen LogP contribution in [0, 0.1) is 6.92 Å². The Hall–Kier alpha value is -4.24. The van der Waals surface area contributed by atoms with Crippen molar-refractivity contribution in [2.75, 3.05) is 9.80 Å². The lowest BCUT2D eigenvalue weighted by atomic mass is 9.33. The molecule has 0 amide bonds. The molecule has 0 radical (unpaired) electrons. The normalized spacial score (nSPS) is 19.2. The van der Waals surface area contributed by atoms with Crippen molar-refractivity contribution >= 4 is 57.2 Å². The van der Waals surface area contributed by atoms with Crippen LogP contribution in [0.3, 0.4) is 0 Å². The van der Waals surface area contributed by atoms with Crippen LogP contribution in [0.5, 0.6) is 0 Å². The molecule has 0 unspecified atom stereocenters. The van der Waals surface area contributed by atoms with E-state index < -0.39 is 0 Å². The van der Waals surface area contributed by atoms with Crippen LogP contribution in [0.2, 0.25) is 0 Å². The van der Waals surface area contributed by atoms with Gasteiger partial charge in [0.05, 0.1) is 0 Å². The van der Waals surface area contributed by atoms with Crippen LogP contribution in [0.1, 0.15) is 181 Å². The van der Waals surface area contributed by atoms with Crippen LogP contribution < -0.4 is 26.2 Å². The maximum atomic E-state index is 2.74. The van der Waals surface area contributed by atoms with Crippen molar-refractivity contribution in [2.45, 2.75) is 182 Å². The summed E-state index contributed by atoms with van der Waals surface area (Å²) >= 11 is 0. The molecule has 0 bridgehead atoms. The molecule has 0 atom stereocenters. The molecule has 5 aromatic rings. The van der Waals surface area contributed by atoms with Crippen LogP contribution in [0.15, 0.2) is 78.9 Å². The fourth-order valence-corrected chi connectivity index (χ4v) is 12.0. The van der Waals surface area contributed by atoms with Gasteiger partial charge in [0.25, 0.3) is 6.71 Å². The zero-order chi connectivity index (χ0) is 44.4. The van der Waals surface area contributed by atoms with Crippen molar-refractivity contribution in [2.24, 2.45) is 0 Å². The van der Waals surface area contributed by atoms with Gasteiger partial charge in [0.15, 0.2) is 0 Å². The van der Waals surface area contributed by atoms with E-state index in [0.717, 1.165) is 6.42 Å². The summed E-state index contributed by atoms with van der Waals surface area (Å²) in [5.41, 5.74) is 23.9. The number of nitrogens with zero attached hydrogens (tertiary/aromatic N) is 2. The minimum Gasteiger partial charge on any atom is -0.311 e. The molecule has 0 spiro atoms. The highest BCUT2D eigenvalue weighted by molar-refractivity contribution is 7.00. The minimum absolute atomic E-state index is 0.00171. The summed E-state index contributed by atoms with van der Waals surface area (Å²) in [6, 6.07) is 32.6. The Bertz CT molecular complexity index is 2630. The quantitative estimate of drug-likeness (QED) is 0.161. The molecule has 61 heavy (non-hydrogen) atoms. The lowest BCUT2D eigenvalue weighted by Crippen LogP contribution is -2.62. The van der Waals surface area contributed by atoms with Crippen LogP contribution in [0.4, 0.5) is 34.1 Å². The van der Waals surface area contributed by atoms with Crippen LogP contribution in [-0.4, -0.2) is 6.71 Å². The first-order chi connectivity index (χ1) is 28.0. The Labute approximate surface area is 370 Å². The molecule has 0 fully saturated rings. The van der Waals surface area contributed by atoms with Crippen molar-refractivity contribution in [1.82, 2.24) is 0 Å². The van der Waals surface area contributed by atoms with Gasteiger partial charge in [-0.15, -0.1) is 0 Å². The van der Waals surface area contributed by atoms with Gasteiger partial charge in [0, 0.05) is 34.1 Å². The lowest BCUT2D eigenvalue weighted by molar-refractivity contribution is 0.332. The molecular formula is C58H73BN2. The number of benzene rings is 5. The number of anilines is 6. The van der Waals surface area contributed by atoms with E-state index >= 15 is 0 Å². The Morgan fingerprint density at radius 3 is 1.44 bits per heavy atom. The summed E-state index contributed by atoms with van der Waals surface area (Å²) in [4.78, 5) is 5.36. The van der Waals surface area contributed by atoms with Crippen molar-refractivity contribution < 1.29 is 0 Å². The SMILES string of the molecule is Cc1cc2c(cc1N1c3cc4c(cc3B3c5cc(C(C)(C)C)ccc5N(c5ccc(C(C)(C)C)cc5)c5cc(C(C)(C)C)cc1c53)C(C)(C)CC4(C)C)C(C)(C)CCC2(C)C. The van der Waals surface area contributed by atoms with Gasteiger partial charge in [-0.3, -0.25) is 0 Å². The van der Waals surface area contributed by atoms with Gasteiger partial charge in [-0.25, -0.2) is 0 Å². The zero-order valence-electron chi connectivity index (χ0n) is 41.1. The fraction of sp³-hybridized carbons (Fsp3) is 0.483. The second-order valence-electron chi connectivity index (χ2n) is 25.5. The monoisotopic (exact) mass is 809 g/mol. The van der Waals surface area contributed by atoms with Gasteiger partial charge in [-0.05, 0) is 167 Å². The molecule has 9 rings (SSSR count). The lowest BCUT2D eigenvalue weighted by Gasteiger charge is -2.47. The van der Waals surface area contributed by atoms with Crippen molar-refractivity contribution in [3.8, 4) is 0 Å². The number of fused-ring (bicyclic) bond motifs is 6. The summed E-state index contributed by atoms with van der Waals surface area (Å²) in [5, 5.41) is 0. The number of aryl methyl sites for hydroxylation is 1. The first-order valence-corrected chi connectivity index (χ1v) is 23.4. The summed E-state index contributed by atoms with van der Waals surface area (Å²) in [5.74, 6) is 0. The predicted octanol–water partition coefficient (Wildman–Crippen LogP) is 14.3. The Morgan fingerprint density at radius 1 is 0.426 bits per heavy atom. The van der Waals surface area contributed by atoms with Crippen molar-refractivity contribution in [3.63, 3.8) is 0 Å². The van der Waals surface area contributed by atoms with Crippen molar-refractivity contribution in [3.05, 3.63) is 123 Å². The van der Waals surface area contributed by atoms with Gasteiger partial charge >= 0.3 is 0 Å². The molecule has 0 N–H and O–H groups in total. The highest BCUT2D eigenvalue weighted by Crippen LogP contribution is 2.55. The van der Waals surface area contributed by atoms with E-state index in [1.165, 1.54) is 108 Å². The minimum atomic E-state index is -0.0774. The maximum absolute atomic E-state index is 2.74. The topological polar surface area (TPSA) is 6.48 Å². The molecule has 4 aliphatic rings. The third-order valence-electron chi connectivity index (χ3n) is 15.7. The second-order valence-corrected chi connectivity index (χ2v) is 25.5. The largest absolute Gasteiger partial charge is 0.311 e. The molecule has 2 nitrogen and oxygen atoms in total. The van der Waals surface area contributed by atoms with Crippen LogP contribution in [-0.2, 0) is 37.9 Å². The first kappa shape index (κ1) is 42.1. The fourth-order valence-electron chi connectivity index (χ4n) is 12.0. The zero-order valence-corrected chi connectivity index (χ0v) is 41.1. The standard InChI is InChI=1S/C58H73BN2/c1-35-27-40-42(56(13,14)26-25-55(40,11)12)32-47(35)61-48-33-43-41(57(15,16)34-58(43,17)18)31-45(48)59-44-28-37(53(5,6)7)21-24-46(44)60(39-22-19-36(20-23-39)52(2,3)4)49-29-38(54(8,9)10)30-50(61)51(49)59/h19-24,27-33H,25-26,34H2,1-18H3. The average Bonchev–Trinajstić information content (AvgIpc) is 3.33. The molecule has 318 valence electrons. The van der Waals surface area contributed by atoms with Gasteiger partial charge < -0.3 is 9.80 Å². The van der Waals surface area contributed by atoms with Crippen LogP contribution >= 0.6 is 0 Å². The maximum Gasteiger partial charge on any atom is 0.252 e. The second kappa shape index (κ2) is 12.9. The van der Waals surface area contributed by atoms with Crippen molar-refractivity contribution in [1.29, 1.82) is 0 Å². The molecule has 0 aromatic heterocycles. The Balaban J connectivity index is 1.44. The van der Waals surface area contributed by atoms with Gasteiger partial charge in [0.2, 0.25) is 0 Å². The Kier molecular flexibility index (Phi) is 8.92. The first-order valence-electron chi connectivity index (χ1n) is 23.4. The highest BCUT2D eigenvalue weighted by Gasteiger charge is 2.49. The smallest absolute Gasteiger partial charge is 0.252 e. The van der Waals surface area contributed by atoms with E-state index in [0.29, 0.717) is 0 Å². The molecule has 5 aromatic carbocycles. The predicted molar refractivity (Wildman–Crippen MR) is 267 cm³/mol. The van der Waals surface area contributed by atoms with E-state index in [-0.39, 0.29) is 44.6 Å². The third kappa shape index (κ3) is 6.48. The van der Waals surface area contributed by atoms with E-state index in [1.54, 1.807) is 0 Å². The van der Waals surface area contributed by atoms with E-state index in [9.17, 15) is 0 Å². The summed E-state index contributed by atoms with van der Waals surface area (Å²) < 4.78 is 0. The van der Waals surface area contributed by atoms with Gasteiger partial charge in [-0.1, -0.05) is 154 Å². The number of hydrogen-bond donors (Lipinski definition) is 0. The molecule has 3 heteroatoms. The number of hydrogen-bond acceptors (Lipinski definition) is 2. The molecule has 0 saturated heterocycles. The molecule has 2 heterocycles. The molecule has 2 aliphatic carbocycles.